The topological polar surface area (TPSA) is 49.6 Å². The molecule has 1 saturated heterocycles. The zero-order valence-corrected chi connectivity index (χ0v) is 15.2. The van der Waals surface area contributed by atoms with Crippen LogP contribution in [0.2, 0.25) is 5.02 Å². The predicted octanol–water partition coefficient (Wildman–Crippen LogP) is 2.90. The van der Waals surface area contributed by atoms with Gasteiger partial charge in [-0.2, -0.15) is 9.50 Å². The number of anilines is 1. The molecular weight excluding hydrogens is 336 g/mol. The Balaban J connectivity index is 1.73. The summed E-state index contributed by atoms with van der Waals surface area (Å²) in [5.41, 5.74) is 1.89. The van der Waals surface area contributed by atoms with Crippen LogP contribution >= 0.6 is 11.6 Å². The van der Waals surface area contributed by atoms with Gasteiger partial charge in [0.05, 0.1) is 0 Å². The van der Waals surface area contributed by atoms with E-state index in [0.29, 0.717) is 16.6 Å². The van der Waals surface area contributed by atoms with Crippen LogP contribution in [-0.4, -0.2) is 57.2 Å². The molecule has 0 aliphatic carbocycles. The van der Waals surface area contributed by atoms with Gasteiger partial charge in [-0.25, -0.2) is 4.98 Å². The van der Waals surface area contributed by atoms with Crippen molar-refractivity contribution in [1.29, 1.82) is 0 Å². The van der Waals surface area contributed by atoms with Crippen LogP contribution in [0.1, 0.15) is 12.6 Å². The first-order valence-electron chi connectivity index (χ1n) is 8.61. The zero-order chi connectivity index (χ0) is 17.4. The Morgan fingerprint density at radius 2 is 1.76 bits per heavy atom. The van der Waals surface area contributed by atoms with E-state index < -0.39 is 0 Å². The normalized spacial score (nSPS) is 15.9. The van der Waals surface area contributed by atoms with Crippen LogP contribution in [0.3, 0.4) is 0 Å². The number of benzene rings is 1. The number of hydrogen-bond acceptors (Lipinski definition) is 5. The van der Waals surface area contributed by atoms with Crippen molar-refractivity contribution in [3.63, 3.8) is 0 Å². The van der Waals surface area contributed by atoms with Crippen LogP contribution in [0, 0.1) is 6.92 Å². The van der Waals surface area contributed by atoms with Crippen molar-refractivity contribution < 1.29 is 0 Å². The van der Waals surface area contributed by atoms with E-state index in [1.807, 2.05) is 35.7 Å². The molecule has 130 valence electrons. The Hall–Kier alpha value is -2.18. The minimum atomic E-state index is 0.637. The molecule has 1 fully saturated rings. The SMILES string of the molecule is CCN1CCN(c2cc(C)nc3nc(-c4ccc(Cl)cc4)nn23)CC1. The van der Waals surface area contributed by atoms with Crippen LogP contribution < -0.4 is 4.90 Å². The fraction of sp³-hybridized carbons (Fsp3) is 0.389. The fourth-order valence-corrected chi connectivity index (χ4v) is 3.33. The summed E-state index contributed by atoms with van der Waals surface area (Å²) in [6, 6.07) is 9.67. The summed E-state index contributed by atoms with van der Waals surface area (Å²) in [4.78, 5) is 14.0. The van der Waals surface area contributed by atoms with Gasteiger partial charge in [0.2, 0.25) is 0 Å². The molecule has 1 aliphatic heterocycles. The lowest BCUT2D eigenvalue weighted by molar-refractivity contribution is 0.270. The van der Waals surface area contributed by atoms with E-state index in [2.05, 4.69) is 32.8 Å². The van der Waals surface area contributed by atoms with Crippen LogP contribution in [0.5, 0.6) is 0 Å². The van der Waals surface area contributed by atoms with E-state index >= 15 is 0 Å². The van der Waals surface area contributed by atoms with E-state index in [4.69, 9.17) is 16.7 Å². The van der Waals surface area contributed by atoms with E-state index in [9.17, 15) is 0 Å². The molecule has 6 nitrogen and oxygen atoms in total. The lowest BCUT2D eigenvalue weighted by Crippen LogP contribution is -2.46. The predicted molar refractivity (Wildman–Crippen MR) is 100 cm³/mol. The third-order valence-corrected chi connectivity index (χ3v) is 4.92. The van der Waals surface area contributed by atoms with Gasteiger partial charge in [0.15, 0.2) is 5.82 Å². The number of piperazine rings is 1. The smallest absolute Gasteiger partial charge is 0.254 e. The molecule has 7 heteroatoms. The van der Waals surface area contributed by atoms with Gasteiger partial charge in [0.1, 0.15) is 5.82 Å². The number of rotatable bonds is 3. The van der Waals surface area contributed by atoms with E-state index in [-0.39, 0.29) is 0 Å². The average molecular weight is 357 g/mol. The maximum Gasteiger partial charge on any atom is 0.254 e. The molecule has 0 saturated carbocycles. The summed E-state index contributed by atoms with van der Waals surface area (Å²) in [6.07, 6.45) is 0. The molecule has 0 N–H and O–H groups in total. The van der Waals surface area contributed by atoms with Crippen LogP contribution in [0.4, 0.5) is 5.82 Å². The Kier molecular flexibility index (Phi) is 4.31. The molecule has 1 aliphatic rings. The molecule has 3 aromatic rings. The lowest BCUT2D eigenvalue weighted by atomic mass is 10.2. The fourth-order valence-electron chi connectivity index (χ4n) is 3.21. The van der Waals surface area contributed by atoms with Crippen LogP contribution in [0.25, 0.3) is 17.2 Å². The Bertz CT molecular complexity index is 880. The summed E-state index contributed by atoms with van der Waals surface area (Å²) in [5.74, 6) is 2.37. The highest BCUT2D eigenvalue weighted by molar-refractivity contribution is 6.30. The van der Waals surface area contributed by atoms with Crippen LogP contribution in [0.15, 0.2) is 30.3 Å². The summed E-state index contributed by atoms with van der Waals surface area (Å²) < 4.78 is 1.86. The van der Waals surface area contributed by atoms with Crippen molar-refractivity contribution in [2.75, 3.05) is 37.6 Å². The van der Waals surface area contributed by atoms with Gasteiger partial charge >= 0.3 is 0 Å². The molecule has 25 heavy (non-hydrogen) atoms. The van der Waals surface area contributed by atoms with Crippen molar-refractivity contribution in [1.82, 2.24) is 24.5 Å². The Morgan fingerprint density at radius 3 is 2.44 bits per heavy atom. The molecule has 0 spiro atoms. The standard InChI is InChI=1S/C18H21ClN6/c1-3-23-8-10-24(11-9-23)16-12-13(2)20-18-21-17(22-25(16)18)14-4-6-15(19)7-5-14/h4-7,12H,3,8-11H2,1-2H3. The molecular formula is C18H21ClN6. The Labute approximate surface area is 152 Å². The minimum Gasteiger partial charge on any atom is -0.354 e. The van der Waals surface area contributed by atoms with Gasteiger partial charge in [-0.15, -0.1) is 5.10 Å². The van der Waals surface area contributed by atoms with Gasteiger partial charge < -0.3 is 9.80 Å². The molecule has 0 radical (unpaired) electrons. The number of aryl methyl sites for hydroxylation is 1. The molecule has 1 aromatic carbocycles. The quantitative estimate of drug-likeness (QED) is 0.722. The van der Waals surface area contributed by atoms with Gasteiger partial charge in [0, 0.05) is 48.5 Å². The van der Waals surface area contributed by atoms with Crippen molar-refractivity contribution in [2.45, 2.75) is 13.8 Å². The second-order valence-electron chi connectivity index (χ2n) is 6.33. The number of aromatic nitrogens is 4. The maximum absolute atomic E-state index is 5.98. The van der Waals surface area contributed by atoms with Crippen molar-refractivity contribution in [3.05, 3.63) is 41.0 Å². The number of hydrogen-bond donors (Lipinski definition) is 0. The number of fused-ring (bicyclic) bond motifs is 1. The number of likely N-dealkylation sites (N-methyl/N-ethyl adjacent to an activating group) is 1. The molecule has 0 atom stereocenters. The second-order valence-corrected chi connectivity index (χ2v) is 6.77. The molecule has 4 rings (SSSR count). The average Bonchev–Trinajstić information content (AvgIpc) is 3.05. The largest absolute Gasteiger partial charge is 0.354 e. The first-order chi connectivity index (χ1) is 12.1. The maximum atomic E-state index is 5.98. The van der Waals surface area contributed by atoms with Gasteiger partial charge in [-0.1, -0.05) is 18.5 Å². The third-order valence-electron chi connectivity index (χ3n) is 4.67. The first kappa shape index (κ1) is 16.3. The van der Waals surface area contributed by atoms with E-state index in [1.54, 1.807) is 0 Å². The zero-order valence-electron chi connectivity index (χ0n) is 14.5. The highest BCUT2D eigenvalue weighted by atomic mass is 35.5. The summed E-state index contributed by atoms with van der Waals surface area (Å²) in [5, 5.41) is 5.42. The van der Waals surface area contributed by atoms with E-state index in [0.717, 1.165) is 49.8 Å². The molecule has 0 amide bonds. The molecule has 0 unspecified atom stereocenters. The molecule has 3 heterocycles. The number of nitrogens with zero attached hydrogens (tertiary/aromatic N) is 6. The summed E-state index contributed by atoms with van der Waals surface area (Å²) in [7, 11) is 0. The van der Waals surface area contributed by atoms with Crippen molar-refractivity contribution >= 4 is 23.2 Å². The van der Waals surface area contributed by atoms with Crippen molar-refractivity contribution in [3.8, 4) is 11.4 Å². The minimum absolute atomic E-state index is 0.637. The first-order valence-corrected chi connectivity index (χ1v) is 8.99. The van der Waals surface area contributed by atoms with Crippen molar-refractivity contribution in [2.24, 2.45) is 0 Å². The van der Waals surface area contributed by atoms with Gasteiger partial charge in [0.25, 0.3) is 5.78 Å². The lowest BCUT2D eigenvalue weighted by Gasteiger charge is -2.35. The number of halogens is 1. The highest BCUT2D eigenvalue weighted by Gasteiger charge is 2.20. The third kappa shape index (κ3) is 3.19. The highest BCUT2D eigenvalue weighted by Crippen LogP contribution is 2.23. The van der Waals surface area contributed by atoms with Gasteiger partial charge in [-0.05, 0) is 37.7 Å². The Morgan fingerprint density at radius 1 is 1.04 bits per heavy atom. The van der Waals surface area contributed by atoms with Gasteiger partial charge in [-0.3, -0.25) is 0 Å². The van der Waals surface area contributed by atoms with Crippen LogP contribution in [-0.2, 0) is 0 Å². The summed E-state index contributed by atoms with van der Waals surface area (Å²) >= 11 is 5.98. The molecule has 0 bridgehead atoms. The second kappa shape index (κ2) is 6.61. The summed E-state index contributed by atoms with van der Waals surface area (Å²) in [6.45, 7) is 9.42. The molecule has 2 aromatic heterocycles. The van der Waals surface area contributed by atoms with E-state index in [1.165, 1.54) is 0 Å². The monoisotopic (exact) mass is 356 g/mol.